The molecule has 2 heterocycles. The number of nitrogens with one attached hydrogen (secondary N) is 1. The number of anilines is 1. The van der Waals surface area contributed by atoms with Crippen LogP contribution in [-0.4, -0.2) is 34.8 Å². The molecule has 1 aliphatic heterocycles. The summed E-state index contributed by atoms with van der Waals surface area (Å²) in [5.74, 6) is -0.590. The maximum absolute atomic E-state index is 12.5. The number of hydrogen-bond acceptors (Lipinski definition) is 3. The van der Waals surface area contributed by atoms with E-state index in [9.17, 15) is 9.59 Å². The van der Waals surface area contributed by atoms with Crippen molar-refractivity contribution in [3.05, 3.63) is 57.8 Å². The Kier molecular flexibility index (Phi) is 5.56. The molecular formula is C18H17Cl2N3O2. The summed E-state index contributed by atoms with van der Waals surface area (Å²) in [4.78, 5) is 30.9. The lowest BCUT2D eigenvalue weighted by atomic mass is 10.1. The third-order valence-corrected chi connectivity index (χ3v) is 4.86. The molecule has 130 valence electrons. The number of rotatable bonds is 3. The molecule has 3 rings (SSSR count). The van der Waals surface area contributed by atoms with Gasteiger partial charge >= 0.3 is 0 Å². The number of benzene rings is 1. The van der Waals surface area contributed by atoms with E-state index in [-0.39, 0.29) is 22.3 Å². The molecule has 0 radical (unpaired) electrons. The van der Waals surface area contributed by atoms with Crippen molar-refractivity contribution in [2.45, 2.75) is 19.3 Å². The van der Waals surface area contributed by atoms with E-state index in [0.29, 0.717) is 10.7 Å². The van der Waals surface area contributed by atoms with E-state index in [1.807, 2.05) is 0 Å². The molecular weight excluding hydrogens is 361 g/mol. The molecule has 2 amide bonds. The van der Waals surface area contributed by atoms with Crippen molar-refractivity contribution in [3.8, 4) is 0 Å². The lowest BCUT2D eigenvalue weighted by Crippen LogP contribution is -2.36. The summed E-state index contributed by atoms with van der Waals surface area (Å²) in [6, 6.07) is 9.80. The van der Waals surface area contributed by atoms with Crippen LogP contribution in [0.4, 0.5) is 5.69 Å². The second-order valence-electron chi connectivity index (χ2n) is 5.82. The van der Waals surface area contributed by atoms with Crippen LogP contribution in [0, 0.1) is 0 Å². The highest BCUT2D eigenvalue weighted by Crippen LogP contribution is 2.29. The van der Waals surface area contributed by atoms with Gasteiger partial charge in [0, 0.05) is 13.1 Å². The fourth-order valence-electron chi connectivity index (χ4n) is 2.73. The van der Waals surface area contributed by atoms with Crippen molar-refractivity contribution in [1.82, 2.24) is 9.88 Å². The lowest BCUT2D eigenvalue weighted by molar-refractivity contribution is 0.0718. The quantitative estimate of drug-likeness (QED) is 0.868. The van der Waals surface area contributed by atoms with Crippen LogP contribution in [-0.2, 0) is 0 Å². The fraction of sp³-hybridized carbons (Fsp3) is 0.278. The SMILES string of the molecule is O=C(Nc1cccc(Cl)c1Cl)c1cccc(C(=O)N2CCCCC2)n1. The molecule has 0 saturated carbocycles. The van der Waals surface area contributed by atoms with Crippen LogP contribution in [0.2, 0.25) is 10.0 Å². The van der Waals surface area contributed by atoms with E-state index >= 15 is 0 Å². The molecule has 1 saturated heterocycles. The molecule has 2 aromatic rings. The number of amides is 2. The second kappa shape index (κ2) is 7.85. The van der Waals surface area contributed by atoms with Crippen molar-refractivity contribution < 1.29 is 9.59 Å². The van der Waals surface area contributed by atoms with Crippen LogP contribution in [0.3, 0.4) is 0 Å². The van der Waals surface area contributed by atoms with E-state index in [4.69, 9.17) is 23.2 Å². The van der Waals surface area contributed by atoms with Crippen molar-refractivity contribution in [3.63, 3.8) is 0 Å². The van der Waals surface area contributed by atoms with Gasteiger partial charge in [0.15, 0.2) is 0 Å². The first-order chi connectivity index (χ1) is 12.1. The molecule has 25 heavy (non-hydrogen) atoms. The molecule has 1 fully saturated rings. The average Bonchev–Trinajstić information content (AvgIpc) is 2.65. The van der Waals surface area contributed by atoms with Gasteiger partial charge in [-0.2, -0.15) is 0 Å². The van der Waals surface area contributed by atoms with Gasteiger partial charge in [0.05, 0.1) is 15.7 Å². The van der Waals surface area contributed by atoms with Gasteiger partial charge in [-0.3, -0.25) is 9.59 Å². The largest absolute Gasteiger partial charge is 0.337 e. The van der Waals surface area contributed by atoms with Crippen molar-refractivity contribution in [1.29, 1.82) is 0 Å². The number of piperidine rings is 1. The maximum atomic E-state index is 12.5. The Labute approximate surface area is 155 Å². The topological polar surface area (TPSA) is 62.3 Å². The molecule has 5 nitrogen and oxygen atoms in total. The molecule has 0 bridgehead atoms. The number of aromatic nitrogens is 1. The number of carbonyl (C=O) groups excluding carboxylic acids is 2. The Bertz CT molecular complexity index is 805. The number of halogens is 2. The van der Waals surface area contributed by atoms with Gasteiger partial charge in [0.1, 0.15) is 11.4 Å². The van der Waals surface area contributed by atoms with Gasteiger partial charge in [-0.15, -0.1) is 0 Å². The monoisotopic (exact) mass is 377 g/mol. The van der Waals surface area contributed by atoms with Crippen LogP contribution in [0.15, 0.2) is 36.4 Å². The van der Waals surface area contributed by atoms with Crippen LogP contribution < -0.4 is 5.32 Å². The highest BCUT2D eigenvalue weighted by molar-refractivity contribution is 6.44. The average molecular weight is 378 g/mol. The van der Waals surface area contributed by atoms with E-state index in [1.165, 1.54) is 0 Å². The van der Waals surface area contributed by atoms with Crippen LogP contribution in [0.1, 0.15) is 40.2 Å². The van der Waals surface area contributed by atoms with Gasteiger partial charge < -0.3 is 10.2 Å². The Morgan fingerprint density at radius 2 is 1.64 bits per heavy atom. The van der Waals surface area contributed by atoms with Crippen LogP contribution in [0.25, 0.3) is 0 Å². The van der Waals surface area contributed by atoms with Crippen LogP contribution >= 0.6 is 23.2 Å². The zero-order chi connectivity index (χ0) is 17.8. The van der Waals surface area contributed by atoms with Gasteiger partial charge in [-0.25, -0.2) is 4.98 Å². The fourth-order valence-corrected chi connectivity index (χ4v) is 3.07. The molecule has 0 spiro atoms. The van der Waals surface area contributed by atoms with E-state index in [2.05, 4.69) is 10.3 Å². The third-order valence-electron chi connectivity index (χ3n) is 4.04. The standard InChI is InChI=1S/C18H17Cl2N3O2/c19-12-6-4-7-13(16(12)20)22-17(24)14-8-5-9-15(21-14)18(25)23-10-2-1-3-11-23/h4-9H,1-3,10-11H2,(H,22,24). The van der Waals surface area contributed by atoms with E-state index in [0.717, 1.165) is 32.4 Å². The minimum absolute atomic E-state index is 0.143. The predicted molar refractivity (Wildman–Crippen MR) is 98.4 cm³/mol. The first-order valence-corrected chi connectivity index (χ1v) is 8.83. The van der Waals surface area contributed by atoms with Crippen molar-refractivity contribution in [2.24, 2.45) is 0 Å². The molecule has 1 aromatic heterocycles. The highest BCUT2D eigenvalue weighted by atomic mass is 35.5. The van der Waals surface area contributed by atoms with Gasteiger partial charge in [-0.05, 0) is 43.5 Å². The second-order valence-corrected chi connectivity index (χ2v) is 6.60. The van der Waals surface area contributed by atoms with Crippen molar-refractivity contribution in [2.75, 3.05) is 18.4 Å². The summed E-state index contributed by atoms with van der Waals surface area (Å²) in [5.41, 5.74) is 0.819. The Morgan fingerprint density at radius 1 is 0.960 bits per heavy atom. The summed E-state index contributed by atoms with van der Waals surface area (Å²) in [7, 11) is 0. The third kappa shape index (κ3) is 4.11. The predicted octanol–water partition coefficient (Wildman–Crippen LogP) is 4.27. The van der Waals surface area contributed by atoms with E-state index < -0.39 is 5.91 Å². The Balaban J connectivity index is 1.77. The first-order valence-electron chi connectivity index (χ1n) is 8.08. The molecule has 0 aliphatic carbocycles. The number of hydrogen-bond donors (Lipinski definition) is 1. The zero-order valence-electron chi connectivity index (χ0n) is 13.5. The summed E-state index contributed by atoms with van der Waals surface area (Å²) in [5, 5.41) is 3.28. The number of pyridine rings is 1. The molecule has 1 aromatic carbocycles. The minimum atomic E-state index is -0.447. The van der Waals surface area contributed by atoms with Crippen LogP contribution in [0.5, 0.6) is 0 Å². The Morgan fingerprint density at radius 3 is 2.40 bits per heavy atom. The van der Waals surface area contributed by atoms with Crippen molar-refractivity contribution >= 4 is 40.7 Å². The molecule has 1 aliphatic rings. The summed E-state index contributed by atoms with van der Waals surface area (Å²) in [6.45, 7) is 1.46. The summed E-state index contributed by atoms with van der Waals surface area (Å²) >= 11 is 12.0. The van der Waals surface area contributed by atoms with Gasteiger partial charge in [0.25, 0.3) is 11.8 Å². The normalized spacial score (nSPS) is 14.2. The molecule has 7 heteroatoms. The Hall–Kier alpha value is -2.11. The smallest absolute Gasteiger partial charge is 0.274 e. The van der Waals surface area contributed by atoms with Gasteiger partial charge in [0.2, 0.25) is 0 Å². The molecule has 0 unspecified atom stereocenters. The number of likely N-dealkylation sites (tertiary alicyclic amines) is 1. The summed E-state index contributed by atoms with van der Waals surface area (Å²) < 4.78 is 0. The number of carbonyl (C=O) groups is 2. The molecule has 0 atom stereocenters. The zero-order valence-corrected chi connectivity index (χ0v) is 15.0. The number of nitrogens with zero attached hydrogens (tertiary/aromatic N) is 2. The highest BCUT2D eigenvalue weighted by Gasteiger charge is 2.20. The first kappa shape index (κ1) is 17.7. The lowest BCUT2D eigenvalue weighted by Gasteiger charge is -2.26. The summed E-state index contributed by atoms with van der Waals surface area (Å²) in [6.07, 6.45) is 3.14. The van der Waals surface area contributed by atoms with E-state index in [1.54, 1.807) is 41.3 Å². The maximum Gasteiger partial charge on any atom is 0.274 e. The molecule has 1 N–H and O–H groups in total. The minimum Gasteiger partial charge on any atom is -0.337 e. The van der Waals surface area contributed by atoms with Gasteiger partial charge in [-0.1, -0.05) is 35.3 Å².